The molecular formula is C27H23FN4OS. The first kappa shape index (κ1) is 22.1. The van der Waals surface area contributed by atoms with E-state index in [1.807, 2.05) is 25.1 Å². The van der Waals surface area contributed by atoms with E-state index in [0.29, 0.717) is 22.3 Å². The van der Waals surface area contributed by atoms with Gasteiger partial charge in [-0.3, -0.25) is 14.7 Å². The summed E-state index contributed by atoms with van der Waals surface area (Å²) < 4.78 is 15.4. The van der Waals surface area contributed by atoms with Crippen molar-refractivity contribution in [1.82, 2.24) is 14.5 Å². The third kappa shape index (κ3) is 4.03. The van der Waals surface area contributed by atoms with E-state index in [9.17, 15) is 9.18 Å². The van der Waals surface area contributed by atoms with Crippen LogP contribution < -0.4 is 0 Å². The second-order valence-electron chi connectivity index (χ2n) is 8.07. The smallest absolute Gasteiger partial charge is 0.266 e. The minimum atomic E-state index is -0.315. The molecule has 0 aliphatic carbocycles. The highest BCUT2D eigenvalue weighted by molar-refractivity contribution is 8.18. The summed E-state index contributed by atoms with van der Waals surface area (Å²) in [5.41, 5.74) is 5.74. The number of halogens is 1. The van der Waals surface area contributed by atoms with E-state index in [0.717, 1.165) is 33.5 Å². The first-order chi connectivity index (χ1) is 16.4. The maximum atomic E-state index is 13.2. The molecule has 170 valence electrons. The highest BCUT2D eigenvalue weighted by atomic mass is 32.2. The van der Waals surface area contributed by atoms with Crippen molar-refractivity contribution in [3.05, 3.63) is 94.5 Å². The van der Waals surface area contributed by atoms with Crippen LogP contribution >= 0.6 is 11.8 Å². The zero-order valence-electron chi connectivity index (χ0n) is 19.1. The van der Waals surface area contributed by atoms with Gasteiger partial charge in [0.1, 0.15) is 5.82 Å². The Morgan fingerprint density at radius 3 is 2.65 bits per heavy atom. The number of aryl methyl sites for hydroxylation is 1. The fourth-order valence-electron chi connectivity index (χ4n) is 4.17. The number of hydrogen-bond donors (Lipinski definition) is 0. The summed E-state index contributed by atoms with van der Waals surface area (Å²) in [4.78, 5) is 24.3. The lowest BCUT2D eigenvalue weighted by molar-refractivity contribution is -0.122. The largest absolute Gasteiger partial charge is 0.318 e. The molecule has 5 rings (SSSR count). The van der Waals surface area contributed by atoms with Crippen molar-refractivity contribution in [2.75, 3.05) is 6.54 Å². The number of pyridine rings is 1. The normalized spacial score (nSPS) is 16.4. The van der Waals surface area contributed by atoms with Gasteiger partial charge in [-0.25, -0.2) is 9.38 Å². The van der Waals surface area contributed by atoms with Crippen LogP contribution in [0.25, 0.3) is 22.7 Å². The minimum Gasteiger partial charge on any atom is -0.318 e. The Labute approximate surface area is 201 Å². The molecule has 0 bridgehead atoms. The standard InChI is InChI=1S/C27H23FN4OS/c1-4-31-26(33)25(34-27(31)30-22-9-7-21(28)8-10-22)16-20-14-17(2)32(18(20)3)23-11-12-24-19(15-23)6-5-13-29-24/h5-16H,4H2,1-3H3/b25-16+,30-27?. The van der Waals surface area contributed by atoms with Crippen molar-refractivity contribution in [3.63, 3.8) is 0 Å². The van der Waals surface area contributed by atoms with Crippen molar-refractivity contribution in [2.45, 2.75) is 20.8 Å². The number of amides is 1. The van der Waals surface area contributed by atoms with Crippen molar-refractivity contribution in [1.29, 1.82) is 0 Å². The SMILES string of the molecule is CCN1C(=O)/C(=C\c2cc(C)n(-c3ccc4ncccc4c3)c2C)SC1=Nc1ccc(F)cc1. The molecule has 34 heavy (non-hydrogen) atoms. The minimum absolute atomic E-state index is 0.0741. The van der Waals surface area contributed by atoms with Crippen LogP contribution in [0.15, 0.2) is 76.8 Å². The lowest BCUT2D eigenvalue weighted by Crippen LogP contribution is -2.28. The predicted molar refractivity (Wildman–Crippen MR) is 137 cm³/mol. The third-order valence-electron chi connectivity index (χ3n) is 5.86. The molecule has 3 heterocycles. The van der Waals surface area contributed by atoms with Crippen LogP contribution in [0.1, 0.15) is 23.9 Å². The fraction of sp³-hybridized carbons (Fsp3) is 0.148. The van der Waals surface area contributed by atoms with Gasteiger partial charge >= 0.3 is 0 Å². The molecule has 0 N–H and O–H groups in total. The lowest BCUT2D eigenvalue weighted by Gasteiger charge is -2.12. The number of benzene rings is 2. The molecule has 1 aliphatic heterocycles. The Morgan fingerprint density at radius 1 is 1.09 bits per heavy atom. The third-order valence-corrected chi connectivity index (χ3v) is 6.86. The summed E-state index contributed by atoms with van der Waals surface area (Å²) in [6, 6.07) is 18.2. The van der Waals surface area contributed by atoms with Crippen molar-refractivity contribution in [2.24, 2.45) is 4.99 Å². The zero-order valence-corrected chi connectivity index (χ0v) is 19.9. The number of rotatable bonds is 4. The molecule has 0 unspecified atom stereocenters. The molecule has 1 amide bonds. The number of carbonyl (C=O) groups is 1. The summed E-state index contributed by atoms with van der Waals surface area (Å²) in [6.07, 6.45) is 3.73. The Morgan fingerprint density at radius 2 is 1.88 bits per heavy atom. The average molecular weight is 471 g/mol. The van der Waals surface area contributed by atoms with E-state index in [-0.39, 0.29) is 11.7 Å². The molecule has 7 heteroatoms. The maximum absolute atomic E-state index is 13.2. The van der Waals surface area contributed by atoms with Gasteiger partial charge in [0.25, 0.3) is 5.91 Å². The Bertz CT molecular complexity index is 1470. The monoisotopic (exact) mass is 470 g/mol. The number of nitrogens with zero attached hydrogens (tertiary/aromatic N) is 4. The fourth-order valence-corrected chi connectivity index (χ4v) is 5.22. The van der Waals surface area contributed by atoms with E-state index in [1.165, 1.54) is 23.9 Å². The first-order valence-corrected chi connectivity index (χ1v) is 11.9. The Hall–Kier alpha value is -3.71. The van der Waals surface area contributed by atoms with Gasteiger partial charge in [0.05, 0.1) is 16.1 Å². The van der Waals surface area contributed by atoms with E-state index >= 15 is 0 Å². The van der Waals surface area contributed by atoms with Gasteiger partial charge in [0.15, 0.2) is 5.17 Å². The molecule has 0 atom stereocenters. The zero-order chi connectivity index (χ0) is 23.8. The molecule has 0 saturated carbocycles. The topological polar surface area (TPSA) is 50.5 Å². The molecule has 1 aliphatic rings. The van der Waals surface area contributed by atoms with Crippen LogP contribution in [0.2, 0.25) is 0 Å². The number of hydrogen-bond acceptors (Lipinski definition) is 4. The van der Waals surface area contributed by atoms with Gasteiger partial charge in [0.2, 0.25) is 0 Å². The highest BCUT2D eigenvalue weighted by Gasteiger charge is 2.32. The highest BCUT2D eigenvalue weighted by Crippen LogP contribution is 2.35. The first-order valence-electron chi connectivity index (χ1n) is 11.0. The van der Waals surface area contributed by atoms with Crippen LogP contribution in [-0.4, -0.2) is 32.1 Å². The number of likely N-dealkylation sites (N-methyl/N-ethyl adjacent to an activating group) is 1. The van der Waals surface area contributed by atoms with Gasteiger partial charge in [-0.15, -0.1) is 0 Å². The summed E-state index contributed by atoms with van der Waals surface area (Å²) in [7, 11) is 0. The molecule has 2 aromatic heterocycles. The lowest BCUT2D eigenvalue weighted by atomic mass is 10.2. The number of fused-ring (bicyclic) bond motifs is 1. The molecule has 1 saturated heterocycles. The number of amidine groups is 1. The summed E-state index contributed by atoms with van der Waals surface area (Å²) in [5, 5.41) is 1.68. The second-order valence-corrected chi connectivity index (χ2v) is 9.08. The van der Waals surface area contributed by atoms with Crippen LogP contribution in [0.4, 0.5) is 10.1 Å². The maximum Gasteiger partial charge on any atom is 0.266 e. The van der Waals surface area contributed by atoms with Gasteiger partial charge in [-0.2, -0.15) is 0 Å². The van der Waals surface area contributed by atoms with Crippen molar-refractivity contribution >= 4 is 45.5 Å². The van der Waals surface area contributed by atoms with Gasteiger partial charge < -0.3 is 4.57 Å². The molecular weight excluding hydrogens is 447 g/mol. The van der Waals surface area contributed by atoms with Crippen molar-refractivity contribution in [3.8, 4) is 5.69 Å². The van der Waals surface area contributed by atoms with Gasteiger partial charge in [0, 0.05) is 35.2 Å². The number of carbonyl (C=O) groups excluding carboxylic acids is 1. The van der Waals surface area contributed by atoms with Crippen LogP contribution in [0.3, 0.4) is 0 Å². The average Bonchev–Trinajstić information content (AvgIpc) is 3.29. The Kier molecular flexibility index (Phi) is 5.79. The molecule has 1 fully saturated rings. The summed E-state index contributed by atoms with van der Waals surface area (Å²) in [6.45, 7) is 6.54. The van der Waals surface area contributed by atoms with E-state index in [1.54, 1.807) is 23.2 Å². The van der Waals surface area contributed by atoms with Crippen molar-refractivity contribution < 1.29 is 9.18 Å². The van der Waals surface area contributed by atoms with E-state index in [4.69, 9.17) is 0 Å². The quantitative estimate of drug-likeness (QED) is 0.324. The summed E-state index contributed by atoms with van der Waals surface area (Å²) in [5.74, 6) is -0.389. The number of aliphatic imine (C=N–C) groups is 1. The molecule has 2 aromatic carbocycles. The number of aromatic nitrogens is 2. The molecule has 0 spiro atoms. The predicted octanol–water partition coefficient (Wildman–Crippen LogP) is 6.41. The van der Waals surface area contributed by atoms with Gasteiger partial charge in [-0.05, 0) is 98.8 Å². The van der Waals surface area contributed by atoms with Crippen LogP contribution in [0.5, 0.6) is 0 Å². The molecule has 5 nitrogen and oxygen atoms in total. The molecule has 0 radical (unpaired) electrons. The van der Waals surface area contributed by atoms with Crippen LogP contribution in [0, 0.1) is 19.7 Å². The number of thioether (sulfide) groups is 1. The summed E-state index contributed by atoms with van der Waals surface area (Å²) >= 11 is 1.34. The Balaban J connectivity index is 1.50. The van der Waals surface area contributed by atoms with E-state index in [2.05, 4.69) is 52.7 Å². The second kappa shape index (κ2) is 8.91. The van der Waals surface area contributed by atoms with Gasteiger partial charge in [-0.1, -0.05) is 6.07 Å². The molecule has 4 aromatic rings. The van der Waals surface area contributed by atoms with Crippen LogP contribution in [-0.2, 0) is 4.79 Å². The van der Waals surface area contributed by atoms with E-state index < -0.39 is 0 Å².